The zero-order chi connectivity index (χ0) is 14.7. The van der Waals surface area contributed by atoms with E-state index in [9.17, 15) is 21.6 Å². The summed E-state index contributed by atoms with van der Waals surface area (Å²) < 4.78 is 61.2. The molecule has 1 atom stereocenters. The molecule has 0 saturated heterocycles. The van der Waals surface area contributed by atoms with Gasteiger partial charge in [-0.1, -0.05) is 6.92 Å². The van der Waals surface area contributed by atoms with Gasteiger partial charge in [0.2, 0.25) is 0 Å². The van der Waals surface area contributed by atoms with Gasteiger partial charge in [-0.05, 0) is 12.6 Å². The number of hydrogen-bond donors (Lipinski definition) is 1. The Balaban J connectivity index is 3.23. The Labute approximate surface area is 110 Å². The van der Waals surface area contributed by atoms with Gasteiger partial charge >= 0.3 is 6.18 Å². The molecule has 0 spiro atoms. The van der Waals surface area contributed by atoms with Crippen LogP contribution in [0.15, 0.2) is 18.5 Å². The predicted octanol–water partition coefficient (Wildman–Crippen LogP) is 1.80. The number of aromatic nitrogens is 1. The van der Waals surface area contributed by atoms with Crippen LogP contribution in [0.25, 0.3) is 0 Å². The van der Waals surface area contributed by atoms with Gasteiger partial charge in [0.15, 0.2) is 0 Å². The molecule has 0 aliphatic rings. The second kappa shape index (κ2) is 5.87. The fraction of sp³-hybridized carbons (Fsp3) is 0.545. The van der Waals surface area contributed by atoms with Crippen molar-refractivity contribution in [2.45, 2.75) is 19.1 Å². The van der Waals surface area contributed by atoms with E-state index in [0.29, 0.717) is 6.54 Å². The van der Waals surface area contributed by atoms with Gasteiger partial charge in [-0.2, -0.15) is 13.2 Å². The SMILES string of the molecule is CCNC(CS(C)(=O)=O)c1cnccc1C(F)(F)F. The Kier molecular flexibility index (Phi) is 4.92. The number of pyridine rings is 1. The molecule has 0 aliphatic heterocycles. The summed E-state index contributed by atoms with van der Waals surface area (Å²) in [5, 5.41) is 2.75. The van der Waals surface area contributed by atoms with Crippen molar-refractivity contribution < 1.29 is 21.6 Å². The Morgan fingerprint density at radius 1 is 1.42 bits per heavy atom. The van der Waals surface area contributed by atoms with E-state index in [1.54, 1.807) is 6.92 Å². The summed E-state index contributed by atoms with van der Waals surface area (Å²) >= 11 is 0. The van der Waals surface area contributed by atoms with Crippen LogP contribution >= 0.6 is 0 Å². The number of alkyl halides is 3. The molecule has 0 amide bonds. The number of hydrogen-bond acceptors (Lipinski definition) is 4. The van der Waals surface area contributed by atoms with Crippen LogP contribution in [-0.2, 0) is 16.0 Å². The van der Waals surface area contributed by atoms with E-state index >= 15 is 0 Å². The van der Waals surface area contributed by atoms with Crippen molar-refractivity contribution in [2.75, 3.05) is 18.6 Å². The first-order chi connectivity index (χ1) is 8.65. The number of halogens is 3. The first-order valence-electron chi connectivity index (χ1n) is 5.57. The number of sulfone groups is 1. The first-order valence-corrected chi connectivity index (χ1v) is 7.63. The summed E-state index contributed by atoms with van der Waals surface area (Å²) in [5.41, 5.74) is -1.01. The summed E-state index contributed by atoms with van der Waals surface area (Å²) in [7, 11) is -3.41. The maximum absolute atomic E-state index is 12.9. The van der Waals surface area contributed by atoms with Gasteiger partial charge in [-0.25, -0.2) is 8.42 Å². The van der Waals surface area contributed by atoms with Gasteiger partial charge in [0.25, 0.3) is 0 Å². The maximum Gasteiger partial charge on any atom is 0.416 e. The molecule has 108 valence electrons. The maximum atomic E-state index is 12.9. The molecule has 19 heavy (non-hydrogen) atoms. The lowest BCUT2D eigenvalue weighted by atomic mass is 10.0. The standard InChI is InChI=1S/C11H15F3N2O2S/c1-3-16-10(7-19(2,17)18)8-6-15-5-4-9(8)11(12,13)14/h4-6,10,16H,3,7H2,1-2H3. The minimum absolute atomic E-state index is 0.151. The fourth-order valence-electron chi connectivity index (χ4n) is 1.75. The summed E-state index contributed by atoms with van der Waals surface area (Å²) in [6, 6.07) is -0.0765. The molecule has 0 saturated carbocycles. The van der Waals surface area contributed by atoms with Crippen LogP contribution in [-0.4, -0.2) is 32.0 Å². The average molecular weight is 296 g/mol. The molecule has 0 bridgehead atoms. The van der Waals surface area contributed by atoms with Gasteiger partial charge in [0, 0.05) is 30.3 Å². The highest BCUT2D eigenvalue weighted by atomic mass is 32.2. The van der Waals surface area contributed by atoms with E-state index in [-0.39, 0.29) is 5.56 Å². The summed E-state index contributed by atoms with van der Waals surface area (Å²) in [6.45, 7) is 2.05. The molecule has 1 N–H and O–H groups in total. The third kappa shape index (κ3) is 4.79. The van der Waals surface area contributed by atoms with E-state index in [2.05, 4.69) is 10.3 Å². The van der Waals surface area contributed by atoms with Crippen molar-refractivity contribution >= 4 is 9.84 Å². The van der Waals surface area contributed by atoms with Crippen LogP contribution in [0.1, 0.15) is 24.1 Å². The smallest absolute Gasteiger partial charge is 0.309 e. The van der Waals surface area contributed by atoms with Crippen molar-refractivity contribution in [2.24, 2.45) is 0 Å². The lowest BCUT2D eigenvalue weighted by molar-refractivity contribution is -0.138. The summed E-state index contributed by atoms with van der Waals surface area (Å²) in [5.74, 6) is -0.407. The van der Waals surface area contributed by atoms with E-state index in [1.165, 1.54) is 0 Å². The van der Waals surface area contributed by atoms with Crippen molar-refractivity contribution in [1.82, 2.24) is 10.3 Å². The number of nitrogens with zero attached hydrogens (tertiary/aromatic N) is 1. The second-order valence-corrected chi connectivity index (χ2v) is 6.35. The van der Waals surface area contributed by atoms with Crippen molar-refractivity contribution in [1.29, 1.82) is 0 Å². The highest BCUT2D eigenvalue weighted by molar-refractivity contribution is 7.90. The Bertz CT molecular complexity index is 529. The Morgan fingerprint density at radius 2 is 2.05 bits per heavy atom. The summed E-state index contributed by atoms with van der Waals surface area (Å²) in [6.07, 6.45) is -1.46. The second-order valence-electron chi connectivity index (χ2n) is 4.16. The Morgan fingerprint density at radius 3 is 2.53 bits per heavy atom. The fourth-order valence-corrected chi connectivity index (χ4v) is 2.65. The van der Waals surface area contributed by atoms with Crippen LogP contribution in [0.3, 0.4) is 0 Å². The molecule has 1 aromatic rings. The zero-order valence-electron chi connectivity index (χ0n) is 10.5. The molecule has 0 aromatic carbocycles. The Hall–Kier alpha value is -1.15. The molecule has 1 rings (SSSR count). The van der Waals surface area contributed by atoms with Crippen LogP contribution in [0, 0.1) is 0 Å². The van der Waals surface area contributed by atoms with E-state index < -0.39 is 33.4 Å². The monoisotopic (exact) mass is 296 g/mol. The van der Waals surface area contributed by atoms with Gasteiger partial charge in [-0.3, -0.25) is 4.98 Å². The molecule has 1 unspecified atom stereocenters. The van der Waals surface area contributed by atoms with Gasteiger partial charge in [0.1, 0.15) is 9.84 Å². The quantitative estimate of drug-likeness (QED) is 0.900. The summed E-state index contributed by atoms with van der Waals surface area (Å²) in [4.78, 5) is 3.66. The first kappa shape index (κ1) is 15.9. The number of nitrogens with one attached hydrogen (secondary N) is 1. The van der Waals surface area contributed by atoms with Crippen molar-refractivity contribution in [3.8, 4) is 0 Å². The molecule has 0 aliphatic carbocycles. The molecule has 1 aromatic heterocycles. The molecular formula is C11H15F3N2O2S. The van der Waals surface area contributed by atoms with E-state index in [0.717, 1.165) is 24.7 Å². The molecule has 4 nitrogen and oxygen atoms in total. The van der Waals surface area contributed by atoms with Gasteiger partial charge in [0.05, 0.1) is 11.3 Å². The van der Waals surface area contributed by atoms with Gasteiger partial charge < -0.3 is 5.32 Å². The lowest BCUT2D eigenvalue weighted by Crippen LogP contribution is -2.29. The normalized spacial score (nSPS) is 14.4. The number of rotatable bonds is 5. The van der Waals surface area contributed by atoms with E-state index in [4.69, 9.17) is 0 Å². The largest absolute Gasteiger partial charge is 0.416 e. The van der Waals surface area contributed by atoms with Crippen LogP contribution in [0.5, 0.6) is 0 Å². The predicted molar refractivity (Wildman–Crippen MR) is 65.4 cm³/mol. The van der Waals surface area contributed by atoms with Crippen LogP contribution < -0.4 is 5.32 Å². The third-order valence-corrected chi connectivity index (χ3v) is 3.39. The molecule has 8 heteroatoms. The highest BCUT2D eigenvalue weighted by Crippen LogP contribution is 2.34. The highest BCUT2D eigenvalue weighted by Gasteiger charge is 2.35. The molecule has 0 fully saturated rings. The molecule has 0 radical (unpaired) electrons. The van der Waals surface area contributed by atoms with Gasteiger partial charge in [-0.15, -0.1) is 0 Å². The minimum atomic E-state index is -4.54. The van der Waals surface area contributed by atoms with Crippen molar-refractivity contribution in [3.05, 3.63) is 29.6 Å². The minimum Gasteiger partial charge on any atom is -0.309 e. The molecule has 1 heterocycles. The van der Waals surface area contributed by atoms with Crippen LogP contribution in [0.4, 0.5) is 13.2 Å². The zero-order valence-corrected chi connectivity index (χ0v) is 11.3. The van der Waals surface area contributed by atoms with Crippen molar-refractivity contribution in [3.63, 3.8) is 0 Å². The molecular weight excluding hydrogens is 281 g/mol. The lowest BCUT2D eigenvalue weighted by Gasteiger charge is -2.21. The topological polar surface area (TPSA) is 59.1 Å². The average Bonchev–Trinajstić information content (AvgIpc) is 2.25. The third-order valence-electron chi connectivity index (χ3n) is 2.45. The van der Waals surface area contributed by atoms with E-state index in [1.807, 2.05) is 0 Å². The van der Waals surface area contributed by atoms with Crippen LogP contribution in [0.2, 0.25) is 0 Å².